The molecule has 3 heterocycles. The van der Waals surface area contributed by atoms with Gasteiger partial charge in [-0.25, -0.2) is 4.79 Å². The van der Waals surface area contributed by atoms with E-state index in [4.69, 9.17) is 4.74 Å². The molecular weight excluding hydrogens is 304 g/mol. The zero-order valence-electron chi connectivity index (χ0n) is 13.8. The summed E-state index contributed by atoms with van der Waals surface area (Å²) in [5, 5.41) is 2.89. The van der Waals surface area contributed by atoms with Crippen LogP contribution < -0.4 is 10.1 Å². The van der Waals surface area contributed by atoms with Crippen molar-refractivity contribution in [3.8, 4) is 5.75 Å². The molecule has 24 heavy (non-hydrogen) atoms. The fourth-order valence-electron chi connectivity index (χ4n) is 2.99. The predicted molar refractivity (Wildman–Crippen MR) is 92.0 cm³/mol. The number of nitrogens with one attached hydrogen (secondary N) is 1. The Kier molecular flexibility index (Phi) is 5.25. The fourth-order valence-corrected chi connectivity index (χ4v) is 2.99. The van der Waals surface area contributed by atoms with Gasteiger partial charge in [0.25, 0.3) is 0 Å². The second-order valence-corrected chi connectivity index (χ2v) is 6.04. The van der Waals surface area contributed by atoms with E-state index in [1.54, 1.807) is 31.8 Å². The molecule has 0 aromatic carbocycles. The van der Waals surface area contributed by atoms with E-state index in [1.165, 1.54) is 5.56 Å². The highest BCUT2D eigenvalue weighted by molar-refractivity contribution is 5.89. The normalized spacial score (nSPS) is 15.1. The Balaban J connectivity index is 1.49. The number of carbonyl (C=O) groups is 1. The number of amides is 2. The molecule has 0 atom stereocenters. The van der Waals surface area contributed by atoms with Crippen LogP contribution in [0, 0.1) is 5.92 Å². The first kappa shape index (κ1) is 16.2. The fraction of sp³-hybridized carbons (Fsp3) is 0.389. The zero-order chi connectivity index (χ0) is 16.8. The van der Waals surface area contributed by atoms with Crippen molar-refractivity contribution in [1.82, 2.24) is 14.9 Å². The van der Waals surface area contributed by atoms with Gasteiger partial charge in [-0.05, 0) is 36.8 Å². The third-order valence-corrected chi connectivity index (χ3v) is 4.35. The van der Waals surface area contributed by atoms with Gasteiger partial charge < -0.3 is 15.0 Å². The Morgan fingerprint density at radius 3 is 2.83 bits per heavy atom. The van der Waals surface area contributed by atoms with Gasteiger partial charge in [0.05, 0.1) is 25.2 Å². The second kappa shape index (κ2) is 7.77. The van der Waals surface area contributed by atoms with E-state index < -0.39 is 0 Å². The highest BCUT2D eigenvalue weighted by atomic mass is 16.5. The van der Waals surface area contributed by atoms with Crippen molar-refractivity contribution >= 4 is 11.7 Å². The van der Waals surface area contributed by atoms with Crippen molar-refractivity contribution in [2.75, 3.05) is 25.5 Å². The number of ether oxygens (including phenoxy) is 1. The van der Waals surface area contributed by atoms with Gasteiger partial charge in [-0.2, -0.15) is 0 Å². The Hall–Kier alpha value is -2.63. The van der Waals surface area contributed by atoms with Crippen LogP contribution in [0.1, 0.15) is 18.4 Å². The minimum atomic E-state index is -0.0788. The molecule has 0 bridgehead atoms. The Morgan fingerprint density at radius 2 is 2.12 bits per heavy atom. The van der Waals surface area contributed by atoms with Gasteiger partial charge in [0, 0.05) is 31.5 Å². The molecule has 0 aliphatic carbocycles. The lowest BCUT2D eigenvalue weighted by atomic mass is 9.91. The molecule has 126 valence electrons. The first-order chi connectivity index (χ1) is 11.7. The maximum Gasteiger partial charge on any atom is 0.321 e. The molecular formula is C18H22N4O2. The van der Waals surface area contributed by atoms with Gasteiger partial charge in [-0.3, -0.25) is 9.97 Å². The van der Waals surface area contributed by atoms with Crippen molar-refractivity contribution in [1.29, 1.82) is 0 Å². The lowest BCUT2D eigenvalue weighted by Crippen LogP contribution is -2.41. The maximum atomic E-state index is 12.4. The molecule has 1 N–H and O–H groups in total. The van der Waals surface area contributed by atoms with Crippen LogP contribution in [0.25, 0.3) is 0 Å². The number of hydrogen-bond donors (Lipinski definition) is 1. The Labute approximate surface area is 141 Å². The standard InChI is InChI=1S/C18H22N4O2/c1-24-17-10-16(12-20-13-17)21-18(23)22-7-4-14(5-8-22)9-15-3-2-6-19-11-15/h2-3,6,10-14H,4-5,7-9H2,1H3,(H,21,23). The topological polar surface area (TPSA) is 67.3 Å². The SMILES string of the molecule is COc1cncc(NC(=O)N2CCC(Cc3cccnc3)CC2)c1. The molecule has 3 rings (SSSR count). The minimum Gasteiger partial charge on any atom is -0.495 e. The van der Waals surface area contributed by atoms with Crippen LogP contribution in [0.4, 0.5) is 10.5 Å². The van der Waals surface area contributed by atoms with Crippen molar-refractivity contribution < 1.29 is 9.53 Å². The number of hydrogen-bond acceptors (Lipinski definition) is 4. The molecule has 2 aromatic rings. The number of likely N-dealkylation sites (tertiary alicyclic amines) is 1. The summed E-state index contributed by atoms with van der Waals surface area (Å²) in [4.78, 5) is 22.4. The van der Waals surface area contributed by atoms with E-state index in [0.717, 1.165) is 32.4 Å². The monoisotopic (exact) mass is 326 g/mol. The van der Waals surface area contributed by atoms with E-state index in [9.17, 15) is 4.79 Å². The van der Waals surface area contributed by atoms with Crippen molar-refractivity contribution in [2.45, 2.75) is 19.3 Å². The molecule has 1 aliphatic heterocycles. The summed E-state index contributed by atoms with van der Waals surface area (Å²) in [6, 6.07) is 5.77. The molecule has 0 saturated carbocycles. The number of anilines is 1. The average molecular weight is 326 g/mol. The lowest BCUT2D eigenvalue weighted by Gasteiger charge is -2.32. The van der Waals surface area contributed by atoms with Crippen LogP contribution in [-0.2, 0) is 6.42 Å². The van der Waals surface area contributed by atoms with Crippen LogP contribution in [0.3, 0.4) is 0 Å². The number of pyridine rings is 2. The first-order valence-electron chi connectivity index (χ1n) is 8.18. The van der Waals surface area contributed by atoms with Crippen molar-refractivity contribution in [3.63, 3.8) is 0 Å². The first-order valence-corrected chi connectivity index (χ1v) is 8.18. The smallest absolute Gasteiger partial charge is 0.321 e. The van der Waals surface area contributed by atoms with Gasteiger partial charge >= 0.3 is 6.03 Å². The number of urea groups is 1. The number of rotatable bonds is 4. The largest absolute Gasteiger partial charge is 0.495 e. The summed E-state index contributed by atoms with van der Waals surface area (Å²) in [6.45, 7) is 1.54. The quantitative estimate of drug-likeness (QED) is 0.938. The van der Waals surface area contributed by atoms with Crippen molar-refractivity contribution in [2.24, 2.45) is 5.92 Å². The summed E-state index contributed by atoms with van der Waals surface area (Å²) in [5.41, 5.74) is 1.92. The molecule has 2 amide bonds. The van der Waals surface area contributed by atoms with Crippen LogP contribution in [0.2, 0.25) is 0 Å². The van der Waals surface area contributed by atoms with Crippen LogP contribution in [0.15, 0.2) is 43.0 Å². The van der Waals surface area contributed by atoms with Gasteiger partial charge in [-0.15, -0.1) is 0 Å². The second-order valence-electron chi connectivity index (χ2n) is 6.04. The number of nitrogens with zero attached hydrogens (tertiary/aromatic N) is 3. The lowest BCUT2D eigenvalue weighted by molar-refractivity contribution is 0.182. The van der Waals surface area contributed by atoms with E-state index >= 15 is 0 Å². The molecule has 1 fully saturated rings. The molecule has 0 unspecified atom stereocenters. The molecule has 2 aromatic heterocycles. The number of methoxy groups -OCH3 is 1. The van der Waals surface area contributed by atoms with E-state index in [1.807, 2.05) is 17.2 Å². The molecule has 0 spiro atoms. The molecule has 6 nitrogen and oxygen atoms in total. The number of carbonyl (C=O) groups excluding carboxylic acids is 1. The summed E-state index contributed by atoms with van der Waals surface area (Å²) in [6.07, 6.45) is 10.0. The van der Waals surface area contributed by atoms with Gasteiger partial charge in [0.2, 0.25) is 0 Å². The summed E-state index contributed by atoms with van der Waals surface area (Å²) >= 11 is 0. The predicted octanol–water partition coefficient (Wildman–Crippen LogP) is 2.97. The Morgan fingerprint density at radius 1 is 1.29 bits per heavy atom. The van der Waals surface area contributed by atoms with Crippen LogP contribution in [-0.4, -0.2) is 41.1 Å². The molecule has 1 aliphatic rings. The maximum absolute atomic E-state index is 12.4. The third kappa shape index (κ3) is 4.22. The Bertz CT molecular complexity index is 670. The average Bonchev–Trinajstić information content (AvgIpc) is 2.63. The number of piperidine rings is 1. The molecule has 6 heteroatoms. The highest BCUT2D eigenvalue weighted by Crippen LogP contribution is 2.22. The van der Waals surface area contributed by atoms with Gasteiger partial charge in [0.1, 0.15) is 5.75 Å². The number of aromatic nitrogens is 2. The van der Waals surface area contributed by atoms with E-state index in [2.05, 4.69) is 21.4 Å². The summed E-state index contributed by atoms with van der Waals surface area (Å²) in [5.74, 6) is 1.24. The van der Waals surface area contributed by atoms with Crippen LogP contribution >= 0.6 is 0 Å². The summed E-state index contributed by atoms with van der Waals surface area (Å²) < 4.78 is 5.12. The van der Waals surface area contributed by atoms with Gasteiger partial charge in [0.15, 0.2) is 0 Å². The van der Waals surface area contributed by atoms with E-state index in [-0.39, 0.29) is 6.03 Å². The van der Waals surface area contributed by atoms with Gasteiger partial charge in [-0.1, -0.05) is 6.07 Å². The summed E-state index contributed by atoms with van der Waals surface area (Å²) in [7, 11) is 1.58. The third-order valence-electron chi connectivity index (χ3n) is 4.35. The van der Waals surface area contributed by atoms with Crippen molar-refractivity contribution in [3.05, 3.63) is 48.5 Å². The molecule has 0 radical (unpaired) electrons. The highest BCUT2D eigenvalue weighted by Gasteiger charge is 2.23. The minimum absolute atomic E-state index is 0.0788. The molecule has 1 saturated heterocycles. The van der Waals surface area contributed by atoms with E-state index in [0.29, 0.717) is 17.4 Å². The zero-order valence-corrected chi connectivity index (χ0v) is 13.8. The van der Waals surface area contributed by atoms with Crippen LogP contribution in [0.5, 0.6) is 5.75 Å².